The third-order valence-corrected chi connectivity index (χ3v) is 6.78. The monoisotopic (exact) mass is 566 g/mol. The Morgan fingerprint density at radius 1 is 1.00 bits per heavy atom. The lowest BCUT2D eigenvalue weighted by molar-refractivity contribution is -0.0696. The third-order valence-electron chi connectivity index (χ3n) is 6.78. The fraction of sp³-hybridized carbons (Fsp3) is 0.367. The summed E-state index contributed by atoms with van der Waals surface area (Å²) in [6, 6.07) is 5.95. The third kappa shape index (κ3) is 6.94. The van der Waals surface area contributed by atoms with E-state index in [-0.39, 0.29) is 28.5 Å². The SMILES string of the molecule is CCCCCC1CCC(c2cc(F)c(C(=O)Oc3ccc4c(F)c(C#CC(F)(F)F)c(F)cc4c3)c(F)c2)CO1. The van der Waals surface area contributed by atoms with Gasteiger partial charge in [-0.05, 0) is 66.6 Å². The number of fused-ring (bicyclic) bond motifs is 1. The number of rotatable bonds is 7. The van der Waals surface area contributed by atoms with Crippen molar-refractivity contribution in [2.45, 2.75) is 63.6 Å². The zero-order valence-electron chi connectivity index (χ0n) is 21.4. The number of ether oxygens (including phenoxy) is 2. The number of halogens is 7. The molecule has 3 aromatic rings. The zero-order chi connectivity index (χ0) is 29.0. The topological polar surface area (TPSA) is 35.5 Å². The molecule has 1 heterocycles. The molecular weight excluding hydrogens is 541 g/mol. The first kappa shape index (κ1) is 29.4. The smallest absolute Gasteiger partial charge is 0.423 e. The summed E-state index contributed by atoms with van der Waals surface area (Å²) < 4.78 is 107. The summed E-state index contributed by atoms with van der Waals surface area (Å²) in [4.78, 5) is 12.6. The van der Waals surface area contributed by atoms with Crippen LogP contribution in [0.4, 0.5) is 30.7 Å². The first-order chi connectivity index (χ1) is 19.0. The molecule has 0 saturated carbocycles. The number of alkyl halides is 3. The van der Waals surface area contributed by atoms with Gasteiger partial charge in [-0.1, -0.05) is 32.1 Å². The predicted octanol–water partition coefficient (Wildman–Crippen LogP) is 8.37. The molecule has 1 aliphatic heterocycles. The molecule has 0 spiro atoms. The van der Waals surface area contributed by atoms with Gasteiger partial charge in [0.2, 0.25) is 0 Å². The van der Waals surface area contributed by atoms with Crippen LogP contribution in [0.25, 0.3) is 10.8 Å². The van der Waals surface area contributed by atoms with E-state index >= 15 is 0 Å². The maximum atomic E-state index is 14.9. The van der Waals surface area contributed by atoms with Crippen molar-refractivity contribution < 1.29 is 45.0 Å². The van der Waals surface area contributed by atoms with Crippen LogP contribution in [0.1, 0.15) is 72.9 Å². The Morgan fingerprint density at radius 3 is 2.35 bits per heavy atom. The molecule has 1 saturated heterocycles. The molecule has 1 aliphatic rings. The minimum atomic E-state index is -4.95. The second kappa shape index (κ2) is 12.3. The summed E-state index contributed by atoms with van der Waals surface area (Å²) in [7, 11) is 0. The lowest BCUT2D eigenvalue weighted by atomic mass is 9.89. The van der Waals surface area contributed by atoms with E-state index in [1.165, 1.54) is 5.92 Å². The predicted molar refractivity (Wildman–Crippen MR) is 134 cm³/mol. The van der Waals surface area contributed by atoms with E-state index in [0.29, 0.717) is 24.7 Å². The number of esters is 1. The maximum Gasteiger partial charge on any atom is 0.458 e. The second-order valence-corrected chi connectivity index (χ2v) is 9.65. The molecule has 0 aliphatic carbocycles. The Morgan fingerprint density at radius 2 is 1.73 bits per heavy atom. The number of hydrogen-bond acceptors (Lipinski definition) is 3. The molecule has 1 fully saturated rings. The van der Waals surface area contributed by atoms with Crippen molar-refractivity contribution in [2.75, 3.05) is 6.61 Å². The van der Waals surface area contributed by atoms with E-state index in [1.54, 1.807) is 0 Å². The molecule has 2 atom stereocenters. The Hall–Kier alpha value is -3.58. The summed E-state index contributed by atoms with van der Waals surface area (Å²) in [5, 5.41) is -0.462. The molecule has 2 unspecified atom stereocenters. The normalized spacial score (nSPS) is 17.4. The van der Waals surface area contributed by atoms with Gasteiger partial charge in [-0.3, -0.25) is 0 Å². The number of unbranched alkanes of at least 4 members (excludes halogenated alkanes) is 2. The Balaban J connectivity index is 1.49. The summed E-state index contributed by atoms with van der Waals surface area (Å²) in [6.45, 7) is 2.43. The van der Waals surface area contributed by atoms with Crippen LogP contribution in [-0.2, 0) is 4.74 Å². The van der Waals surface area contributed by atoms with Crippen molar-refractivity contribution in [2.24, 2.45) is 0 Å². The first-order valence-corrected chi connectivity index (χ1v) is 12.8. The zero-order valence-corrected chi connectivity index (χ0v) is 21.4. The van der Waals surface area contributed by atoms with Gasteiger partial charge in [0.05, 0.1) is 18.3 Å². The number of carbonyl (C=O) groups is 1. The average Bonchev–Trinajstić information content (AvgIpc) is 2.88. The molecule has 0 radical (unpaired) electrons. The number of benzene rings is 3. The van der Waals surface area contributed by atoms with Gasteiger partial charge in [-0.15, -0.1) is 0 Å². The summed E-state index contributed by atoms with van der Waals surface area (Å²) in [6.07, 6.45) is 0.844. The molecule has 4 rings (SSSR count). The van der Waals surface area contributed by atoms with Gasteiger partial charge in [0, 0.05) is 17.2 Å². The van der Waals surface area contributed by atoms with Crippen molar-refractivity contribution in [3.8, 4) is 17.6 Å². The van der Waals surface area contributed by atoms with Crippen LogP contribution >= 0.6 is 0 Å². The number of carbonyl (C=O) groups excluding carboxylic acids is 1. The molecule has 40 heavy (non-hydrogen) atoms. The van der Waals surface area contributed by atoms with Crippen LogP contribution < -0.4 is 4.74 Å². The molecular formula is C30H25F7O3. The van der Waals surface area contributed by atoms with Gasteiger partial charge in [0.15, 0.2) is 0 Å². The highest BCUT2D eigenvalue weighted by Crippen LogP contribution is 2.33. The maximum absolute atomic E-state index is 14.9. The molecule has 0 aromatic heterocycles. The highest BCUT2D eigenvalue weighted by molar-refractivity contribution is 5.93. The first-order valence-electron chi connectivity index (χ1n) is 12.8. The van der Waals surface area contributed by atoms with Gasteiger partial charge < -0.3 is 9.47 Å². The van der Waals surface area contributed by atoms with Crippen LogP contribution in [0.2, 0.25) is 0 Å². The summed E-state index contributed by atoms with van der Waals surface area (Å²) in [5.74, 6) is -4.60. The van der Waals surface area contributed by atoms with Gasteiger partial charge in [0.1, 0.15) is 34.6 Å². The lowest BCUT2D eigenvalue weighted by Gasteiger charge is -2.29. The molecule has 0 bridgehead atoms. The Kier molecular flexibility index (Phi) is 9.04. The van der Waals surface area contributed by atoms with E-state index in [2.05, 4.69) is 6.92 Å². The molecule has 3 aromatic carbocycles. The largest absolute Gasteiger partial charge is 0.458 e. The van der Waals surface area contributed by atoms with Crippen molar-refractivity contribution in [3.63, 3.8) is 0 Å². The molecule has 212 valence electrons. The van der Waals surface area contributed by atoms with Gasteiger partial charge in [-0.25, -0.2) is 22.4 Å². The van der Waals surface area contributed by atoms with Crippen LogP contribution in [0.3, 0.4) is 0 Å². The Labute approximate surface area is 226 Å². The highest BCUT2D eigenvalue weighted by Gasteiger charge is 2.27. The highest BCUT2D eigenvalue weighted by atomic mass is 19.4. The number of hydrogen-bond donors (Lipinski definition) is 0. The standard InChI is InChI=1S/C30H25F7O3/c1-2-3-4-5-20-7-6-17(16-39-20)18-13-25(32)27(26(33)14-18)29(38)40-21-8-9-22-19(12-21)15-24(31)23(28(22)34)10-11-30(35,36)37/h8-9,12-15,17,20H,2-7,16H2,1H3. The van der Waals surface area contributed by atoms with Crippen LogP contribution in [-0.4, -0.2) is 24.9 Å². The molecule has 0 amide bonds. The Bertz CT molecular complexity index is 1440. The van der Waals surface area contributed by atoms with Gasteiger partial charge >= 0.3 is 12.1 Å². The van der Waals surface area contributed by atoms with Crippen molar-refractivity contribution in [1.29, 1.82) is 0 Å². The summed E-state index contributed by atoms with van der Waals surface area (Å²) >= 11 is 0. The minimum absolute atomic E-state index is 0.120. The summed E-state index contributed by atoms with van der Waals surface area (Å²) in [5.41, 5.74) is -1.65. The van der Waals surface area contributed by atoms with E-state index < -0.39 is 46.5 Å². The second-order valence-electron chi connectivity index (χ2n) is 9.65. The van der Waals surface area contributed by atoms with E-state index in [9.17, 15) is 35.5 Å². The fourth-order valence-corrected chi connectivity index (χ4v) is 4.72. The van der Waals surface area contributed by atoms with Crippen LogP contribution in [0.5, 0.6) is 5.75 Å². The van der Waals surface area contributed by atoms with Crippen molar-refractivity contribution >= 4 is 16.7 Å². The van der Waals surface area contributed by atoms with Crippen LogP contribution in [0, 0.1) is 35.1 Å². The van der Waals surface area contributed by atoms with Crippen LogP contribution in [0.15, 0.2) is 36.4 Å². The minimum Gasteiger partial charge on any atom is -0.423 e. The quantitative estimate of drug-likeness (QED) is 0.0948. The molecule has 3 nitrogen and oxygen atoms in total. The lowest BCUT2D eigenvalue weighted by Crippen LogP contribution is -2.25. The molecule has 10 heteroatoms. The van der Waals surface area contributed by atoms with Gasteiger partial charge in [0.25, 0.3) is 0 Å². The fourth-order valence-electron chi connectivity index (χ4n) is 4.72. The van der Waals surface area contributed by atoms with Crippen molar-refractivity contribution in [3.05, 3.63) is 76.4 Å². The average molecular weight is 567 g/mol. The van der Waals surface area contributed by atoms with E-state index in [4.69, 9.17) is 9.47 Å². The van der Waals surface area contributed by atoms with E-state index in [0.717, 1.165) is 68.4 Å². The molecule has 0 N–H and O–H groups in total. The van der Waals surface area contributed by atoms with Crippen molar-refractivity contribution in [1.82, 2.24) is 0 Å². The van der Waals surface area contributed by atoms with Gasteiger partial charge in [-0.2, -0.15) is 13.2 Å². The van der Waals surface area contributed by atoms with E-state index in [1.807, 2.05) is 0 Å².